The van der Waals surface area contributed by atoms with Gasteiger partial charge in [-0.2, -0.15) is 0 Å². The minimum atomic E-state index is -1.84. The maximum atomic E-state index is 15.0. The summed E-state index contributed by atoms with van der Waals surface area (Å²) in [5, 5.41) is 10.5. The molecule has 4 heterocycles. The van der Waals surface area contributed by atoms with Crippen molar-refractivity contribution in [2.24, 2.45) is 5.92 Å². The van der Waals surface area contributed by atoms with Crippen LogP contribution in [0.5, 0.6) is 0 Å². The largest absolute Gasteiger partial charge is 0.450 e. The zero-order valence-corrected chi connectivity index (χ0v) is 24.6. The van der Waals surface area contributed by atoms with Gasteiger partial charge in [-0.1, -0.05) is 84.8 Å². The van der Waals surface area contributed by atoms with E-state index in [2.05, 4.69) is 24.0 Å². The van der Waals surface area contributed by atoms with Crippen LogP contribution in [0.25, 0.3) is 11.0 Å². The summed E-state index contributed by atoms with van der Waals surface area (Å²) >= 11 is 7.76. The van der Waals surface area contributed by atoms with Crippen LogP contribution in [-0.2, 0) is 23.3 Å². The monoisotopic (exact) mass is 596 g/mol. The van der Waals surface area contributed by atoms with Crippen LogP contribution in [0.3, 0.4) is 0 Å². The molecule has 0 radical (unpaired) electrons. The van der Waals surface area contributed by atoms with E-state index in [0.29, 0.717) is 34.0 Å². The first-order chi connectivity index (χ1) is 20.2. The highest BCUT2D eigenvalue weighted by atomic mass is 35.5. The Hall–Kier alpha value is -4.34. The number of nitrogens with zero attached hydrogens (tertiary/aromatic N) is 4. The van der Waals surface area contributed by atoms with Gasteiger partial charge < -0.3 is 9.32 Å². The van der Waals surface area contributed by atoms with E-state index in [0.717, 1.165) is 16.1 Å². The topological polar surface area (TPSA) is 96.6 Å². The number of hydrogen-bond donors (Lipinski definition) is 0. The van der Waals surface area contributed by atoms with Gasteiger partial charge in [-0.15, -0.1) is 10.2 Å². The Kier molecular flexibility index (Phi) is 6.07. The maximum Gasteiger partial charge on any atom is 0.297 e. The summed E-state index contributed by atoms with van der Waals surface area (Å²) in [6, 6.07) is 19.7. The number of amides is 2. The number of aryl methyl sites for hydroxylation is 1. The van der Waals surface area contributed by atoms with Gasteiger partial charge in [0.05, 0.1) is 23.2 Å². The molecular formula is C32H25ClN4O4S. The third-order valence-corrected chi connectivity index (χ3v) is 9.10. The van der Waals surface area contributed by atoms with Gasteiger partial charge in [0.2, 0.25) is 10.9 Å². The molecule has 2 aliphatic rings. The lowest BCUT2D eigenvalue weighted by Crippen LogP contribution is -2.53. The molecular weight excluding hydrogens is 572 g/mol. The molecule has 0 fully saturated rings. The second-order valence-corrected chi connectivity index (χ2v) is 12.5. The predicted octanol–water partition coefficient (Wildman–Crippen LogP) is 6.26. The van der Waals surface area contributed by atoms with Crippen LogP contribution < -0.4 is 15.2 Å². The van der Waals surface area contributed by atoms with E-state index < -0.39 is 22.8 Å². The molecule has 2 aliphatic heterocycles. The second kappa shape index (κ2) is 9.61. The van der Waals surface area contributed by atoms with E-state index in [4.69, 9.17) is 16.0 Å². The van der Waals surface area contributed by atoms with Gasteiger partial charge in [-0.05, 0) is 42.7 Å². The average molecular weight is 597 g/mol. The van der Waals surface area contributed by atoms with Crippen LogP contribution in [0, 0.1) is 12.8 Å². The van der Waals surface area contributed by atoms with E-state index >= 15 is 0 Å². The highest BCUT2D eigenvalue weighted by molar-refractivity contribution is 7.15. The summed E-state index contributed by atoms with van der Waals surface area (Å²) in [6.45, 7) is 6.15. The standard InChI is InChI=1S/C32H25ClN4O4S/c1-17(2)14-25-34-35-31(42-25)37-29(39)28-26(27(38)20-15-18(3)12-13-24(20)41-28)32(37)21-9-5-7-11-23(21)36(30(32)40)16-19-8-4-6-10-22(19)33/h4-13,15,17H,14,16H2,1-3H3. The number of carbonyl (C=O) groups is 2. The van der Waals surface area contributed by atoms with Gasteiger partial charge in [0.25, 0.3) is 11.8 Å². The van der Waals surface area contributed by atoms with Gasteiger partial charge in [-0.25, -0.2) is 0 Å². The van der Waals surface area contributed by atoms with E-state index in [9.17, 15) is 14.4 Å². The number of hydrogen-bond acceptors (Lipinski definition) is 7. The molecule has 0 aliphatic carbocycles. The van der Waals surface area contributed by atoms with E-state index in [1.54, 1.807) is 35.2 Å². The molecule has 0 saturated heterocycles. The molecule has 1 atom stereocenters. The molecule has 42 heavy (non-hydrogen) atoms. The lowest BCUT2D eigenvalue weighted by Gasteiger charge is -2.32. The quantitative estimate of drug-likeness (QED) is 0.238. The SMILES string of the molecule is Cc1ccc2oc3c(c(=O)c2c1)C1(C(=O)N(Cc2ccccc2Cl)c2ccccc21)N(c1nnc(CC(C)C)s1)C3=O. The molecule has 7 rings (SSSR count). The summed E-state index contributed by atoms with van der Waals surface area (Å²) in [4.78, 5) is 46.7. The fourth-order valence-corrected chi connectivity index (χ4v) is 7.29. The highest BCUT2D eigenvalue weighted by Crippen LogP contribution is 2.54. The molecule has 8 nitrogen and oxygen atoms in total. The Morgan fingerprint density at radius 1 is 1.00 bits per heavy atom. The number of benzene rings is 3. The first-order valence-electron chi connectivity index (χ1n) is 13.6. The lowest BCUT2D eigenvalue weighted by molar-refractivity contribution is -0.121. The number of aromatic nitrogens is 2. The maximum absolute atomic E-state index is 15.0. The van der Waals surface area contributed by atoms with E-state index in [1.807, 2.05) is 43.3 Å². The van der Waals surface area contributed by atoms with Crippen molar-refractivity contribution >= 4 is 56.5 Å². The van der Waals surface area contributed by atoms with Crippen LogP contribution in [0.2, 0.25) is 5.02 Å². The summed E-state index contributed by atoms with van der Waals surface area (Å²) in [7, 11) is 0. The zero-order valence-electron chi connectivity index (χ0n) is 23.1. The molecule has 0 saturated carbocycles. The molecule has 5 aromatic rings. The summed E-state index contributed by atoms with van der Waals surface area (Å²) in [5.74, 6) is -0.933. The van der Waals surface area contributed by atoms with Crippen molar-refractivity contribution in [3.63, 3.8) is 0 Å². The van der Waals surface area contributed by atoms with Crippen molar-refractivity contribution in [2.75, 3.05) is 9.80 Å². The van der Waals surface area contributed by atoms with Crippen molar-refractivity contribution in [2.45, 2.75) is 39.3 Å². The van der Waals surface area contributed by atoms with Crippen molar-refractivity contribution in [1.82, 2.24) is 10.2 Å². The molecule has 3 aromatic carbocycles. The smallest absolute Gasteiger partial charge is 0.297 e. The Bertz CT molecular complexity index is 2000. The number of carbonyl (C=O) groups excluding carboxylic acids is 2. The second-order valence-electron chi connectivity index (χ2n) is 11.1. The van der Waals surface area contributed by atoms with Gasteiger partial charge in [-0.3, -0.25) is 19.3 Å². The molecule has 210 valence electrons. The first-order valence-corrected chi connectivity index (χ1v) is 14.8. The number of anilines is 2. The Labute approximate surface area is 250 Å². The molecule has 10 heteroatoms. The Morgan fingerprint density at radius 2 is 1.76 bits per heavy atom. The molecule has 0 bridgehead atoms. The van der Waals surface area contributed by atoms with Crippen molar-refractivity contribution in [3.05, 3.63) is 115 Å². The average Bonchev–Trinajstić information content (AvgIpc) is 3.59. The van der Waals surface area contributed by atoms with Crippen molar-refractivity contribution in [3.8, 4) is 0 Å². The van der Waals surface area contributed by atoms with Gasteiger partial charge in [0, 0.05) is 17.0 Å². The fourth-order valence-electron chi connectivity index (χ4n) is 6.00. The highest BCUT2D eigenvalue weighted by Gasteiger charge is 2.66. The summed E-state index contributed by atoms with van der Waals surface area (Å²) in [5.41, 5.74) is 0.651. The predicted molar refractivity (Wildman–Crippen MR) is 162 cm³/mol. The van der Waals surface area contributed by atoms with Crippen molar-refractivity contribution < 1.29 is 14.0 Å². The van der Waals surface area contributed by atoms with Gasteiger partial charge in [0.1, 0.15) is 10.6 Å². The van der Waals surface area contributed by atoms with Crippen LogP contribution in [0.4, 0.5) is 10.8 Å². The number of halogens is 1. The summed E-state index contributed by atoms with van der Waals surface area (Å²) in [6.07, 6.45) is 0.656. The van der Waals surface area contributed by atoms with Gasteiger partial charge >= 0.3 is 0 Å². The minimum Gasteiger partial charge on any atom is -0.450 e. The Balaban J connectivity index is 1.54. The molecule has 2 aromatic heterocycles. The number of para-hydroxylation sites is 1. The normalized spacial score (nSPS) is 17.6. The third-order valence-electron chi connectivity index (χ3n) is 7.80. The third kappa shape index (κ3) is 3.70. The van der Waals surface area contributed by atoms with Crippen LogP contribution in [-0.4, -0.2) is 22.0 Å². The fraction of sp³-hybridized carbons (Fsp3) is 0.219. The lowest BCUT2D eigenvalue weighted by atomic mass is 9.84. The molecule has 1 spiro atoms. The number of fused-ring (bicyclic) bond motifs is 5. The summed E-state index contributed by atoms with van der Waals surface area (Å²) < 4.78 is 6.17. The molecule has 2 amide bonds. The van der Waals surface area contributed by atoms with Gasteiger partial charge in [0.15, 0.2) is 11.0 Å². The molecule has 0 N–H and O–H groups in total. The first kappa shape index (κ1) is 26.6. The van der Waals surface area contributed by atoms with E-state index in [1.165, 1.54) is 16.2 Å². The number of rotatable bonds is 5. The van der Waals surface area contributed by atoms with E-state index in [-0.39, 0.29) is 28.6 Å². The van der Waals surface area contributed by atoms with Crippen molar-refractivity contribution in [1.29, 1.82) is 0 Å². The molecule has 1 unspecified atom stereocenters. The minimum absolute atomic E-state index is 0.00896. The van der Waals surface area contributed by atoms with Crippen LogP contribution in [0.15, 0.2) is 75.9 Å². The van der Waals surface area contributed by atoms with Crippen LogP contribution in [0.1, 0.15) is 51.7 Å². The van der Waals surface area contributed by atoms with Crippen LogP contribution >= 0.6 is 22.9 Å². The zero-order chi connectivity index (χ0) is 29.3. The Morgan fingerprint density at radius 3 is 2.55 bits per heavy atom.